The van der Waals surface area contributed by atoms with Gasteiger partial charge in [-0.2, -0.15) is 0 Å². The number of nitrogens with two attached hydrogens (primary N) is 1. The molecule has 0 aliphatic heterocycles. The van der Waals surface area contributed by atoms with Crippen LogP contribution in [0.25, 0.3) is 0 Å². The van der Waals surface area contributed by atoms with Gasteiger partial charge in [0.25, 0.3) is 5.91 Å². The number of hydrogen-bond acceptors (Lipinski definition) is 4. The molecule has 0 spiro atoms. The minimum absolute atomic E-state index is 0.206. The monoisotopic (exact) mass is 355 g/mol. The summed E-state index contributed by atoms with van der Waals surface area (Å²) in [5, 5.41) is 2.93. The van der Waals surface area contributed by atoms with E-state index in [9.17, 15) is 4.79 Å². The second-order valence-corrected chi connectivity index (χ2v) is 5.14. The molecule has 0 atom stereocenters. The lowest BCUT2D eigenvalue weighted by atomic mass is 10.2. The Morgan fingerprint density at radius 1 is 1.45 bits per heavy atom. The highest BCUT2D eigenvalue weighted by Gasteiger charge is 2.12. The summed E-state index contributed by atoms with van der Waals surface area (Å²) >= 11 is 9.10. The number of ether oxygens (including phenoxy) is 1. The second-order valence-electron chi connectivity index (χ2n) is 3.90. The van der Waals surface area contributed by atoms with Crippen LogP contribution in [0, 0.1) is 0 Å². The van der Waals surface area contributed by atoms with Gasteiger partial charge in [-0.25, -0.2) is 4.98 Å². The zero-order valence-electron chi connectivity index (χ0n) is 10.5. The molecule has 0 unspecified atom stereocenters. The number of aromatic nitrogens is 1. The molecule has 1 aromatic carbocycles. The molecular formula is C13H11BrClN3O2. The van der Waals surface area contributed by atoms with Crippen LogP contribution >= 0.6 is 27.5 Å². The first-order valence-electron chi connectivity index (χ1n) is 5.57. The van der Waals surface area contributed by atoms with Crippen molar-refractivity contribution < 1.29 is 9.53 Å². The van der Waals surface area contributed by atoms with E-state index in [1.807, 2.05) is 0 Å². The van der Waals surface area contributed by atoms with Gasteiger partial charge in [0.2, 0.25) is 0 Å². The standard InChI is InChI=1S/C13H11BrClN3O2/c1-20-11-4-7(2-3-9(11)14)18-13(19)8-5-12(15)17-6-10(8)16/h2-6H,16H2,1H3,(H,18,19). The summed E-state index contributed by atoms with van der Waals surface area (Å²) < 4.78 is 5.96. The minimum atomic E-state index is -0.365. The van der Waals surface area contributed by atoms with Crippen LogP contribution in [0.2, 0.25) is 5.15 Å². The Kier molecular flexibility index (Phi) is 4.46. The lowest BCUT2D eigenvalue weighted by Gasteiger charge is -2.10. The molecule has 1 aromatic heterocycles. The van der Waals surface area contributed by atoms with Crippen LogP contribution in [-0.2, 0) is 0 Å². The van der Waals surface area contributed by atoms with Crippen LogP contribution in [0.5, 0.6) is 5.75 Å². The molecule has 0 aliphatic rings. The number of rotatable bonds is 3. The zero-order valence-corrected chi connectivity index (χ0v) is 12.8. The van der Waals surface area contributed by atoms with E-state index in [0.717, 1.165) is 4.47 Å². The highest BCUT2D eigenvalue weighted by atomic mass is 79.9. The van der Waals surface area contributed by atoms with E-state index in [1.54, 1.807) is 25.3 Å². The molecular weight excluding hydrogens is 346 g/mol. The fraction of sp³-hybridized carbons (Fsp3) is 0.0769. The third kappa shape index (κ3) is 3.20. The zero-order chi connectivity index (χ0) is 14.7. The number of nitrogens with one attached hydrogen (secondary N) is 1. The number of hydrogen-bond donors (Lipinski definition) is 2. The van der Waals surface area contributed by atoms with Crippen LogP contribution in [0.1, 0.15) is 10.4 Å². The highest BCUT2D eigenvalue weighted by Crippen LogP contribution is 2.28. The Hall–Kier alpha value is -1.79. The molecule has 0 fully saturated rings. The Morgan fingerprint density at radius 2 is 2.20 bits per heavy atom. The van der Waals surface area contributed by atoms with Gasteiger partial charge < -0.3 is 15.8 Å². The molecule has 2 rings (SSSR count). The van der Waals surface area contributed by atoms with Gasteiger partial charge in [-0.3, -0.25) is 4.79 Å². The number of amides is 1. The quantitative estimate of drug-likeness (QED) is 0.827. The number of carbonyl (C=O) groups excluding carboxylic acids is 1. The number of nitrogen functional groups attached to an aromatic ring is 1. The van der Waals surface area contributed by atoms with Crippen LogP contribution < -0.4 is 15.8 Å². The number of pyridine rings is 1. The normalized spacial score (nSPS) is 10.2. The lowest BCUT2D eigenvalue weighted by Crippen LogP contribution is -2.14. The van der Waals surface area contributed by atoms with Gasteiger partial charge in [0.15, 0.2) is 0 Å². The van der Waals surface area contributed by atoms with Gasteiger partial charge in [-0.05, 0) is 34.1 Å². The van der Waals surface area contributed by atoms with Gasteiger partial charge >= 0.3 is 0 Å². The average Bonchev–Trinajstić information content (AvgIpc) is 2.43. The maximum Gasteiger partial charge on any atom is 0.257 e. The van der Waals surface area contributed by atoms with Crippen molar-refractivity contribution in [1.82, 2.24) is 4.98 Å². The van der Waals surface area contributed by atoms with Crippen molar-refractivity contribution in [2.24, 2.45) is 0 Å². The molecule has 1 heterocycles. The molecule has 5 nitrogen and oxygen atoms in total. The van der Waals surface area contributed by atoms with Gasteiger partial charge in [-0.15, -0.1) is 0 Å². The summed E-state index contributed by atoms with van der Waals surface area (Å²) in [5.74, 6) is 0.250. The Balaban J connectivity index is 2.25. The first kappa shape index (κ1) is 14.6. The molecule has 0 bridgehead atoms. The summed E-state index contributed by atoms with van der Waals surface area (Å²) in [6, 6.07) is 6.63. The summed E-state index contributed by atoms with van der Waals surface area (Å²) in [7, 11) is 1.55. The van der Waals surface area contributed by atoms with Crippen LogP contribution in [0.3, 0.4) is 0 Å². The summed E-state index contributed by atoms with van der Waals surface area (Å²) in [6.07, 6.45) is 1.35. The van der Waals surface area contributed by atoms with Gasteiger partial charge in [0.05, 0.1) is 29.0 Å². The van der Waals surface area contributed by atoms with Crippen molar-refractivity contribution in [2.45, 2.75) is 0 Å². The largest absolute Gasteiger partial charge is 0.495 e. The SMILES string of the molecule is COc1cc(NC(=O)c2cc(Cl)ncc2N)ccc1Br. The molecule has 0 saturated carbocycles. The van der Waals surface area contributed by atoms with E-state index in [-0.39, 0.29) is 22.3 Å². The Morgan fingerprint density at radius 3 is 2.90 bits per heavy atom. The van der Waals surface area contributed by atoms with Crippen molar-refractivity contribution in [3.63, 3.8) is 0 Å². The number of anilines is 2. The summed E-state index contributed by atoms with van der Waals surface area (Å²) in [5.41, 5.74) is 6.83. The third-order valence-corrected chi connectivity index (χ3v) is 3.42. The molecule has 0 aliphatic carbocycles. The molecule has 0 saturated heterocycles. The van der Waals surface area contributed by atoms with Crippen molar-refractivity contribution in [2.75, 3.05) is 18.2 Å². The Labute approximate surface area is 129 Å². The van der Waals surface area contributed by atoms with Crippen molar-refractivity contribution in [3.8, 4) is 5.75 Å². The van der Waals surface area contributed by atoms with E-state index in [2.05, 4.69) is 26.2 Å². The molecule has 20 heavy (non-hydrogen) atoms. The molecule has 7 heteroatoms. The van der Waals surface area contributed by atoms with Crippen molar-refractivity contribution in [3.05, 3.63) is 45.7 Å². The maximum atomic E-state index is 12.1. The van der Waals surface area contributed by atoms with Gasteiger partial charge in [0.1, 0.15) is 10.9 Å². The van der Waals surface area contributed by atoms with Crippen molar-refractivity contribution >= 4 is 44.8 Å². The average molecular weight is 357 g/mol. The minimum Gasteiger partial charge on any atom is -0.495 e. The number of carbonyl (C=O) groups is 1. The summed E-state index contributed by atoms with van der Waals surface area (Å²) in [4.78, 5) is 15.9. The maximum absolute atomic E-state index is 12.1. The number of benzene rings is 1. The van der Waals surface area contributed by atoms with Gasteiger partial charge in [-0.1, -0.05) is 11.6 Å². The van der Waals surface area contributed by atoms with Crippen LogP contribution in [0.4, 0.5) is 11.4 Å². The number of methoxy groups -OCH3 is 1. The molecule has 104 valence electrons. The molecule has 1 amide bonds. The molecule has 0 radical (unpaired) electrons. The smallest absolute Gasteiger partial charge is 0.257 e. The number of nitrogens with zero attached hydrogens (tertiary/aromatic N) is 1. The van der Waals surface area contributed by atoms with E-state index >= 15 is 0 Å². The third-order valence-electron chi connectivity index (χ3n) is 2.56. The van der Waals surface area contributed by atoms with Crippen molar-refractivity contribution in [1.29, 1.82) is 0 Å². The van der Waals surface area contributed by atoms with E-state index in [0.29, 0.717) is 11.4 Å². The fourth-order valence-corrected chi connectivity index (χ4v) is 2.14. The topological polar surface area (TPSA) is 77.2 Å². The highest BCUT2D eigenvalue weighted by molar-refractivity contribution is 9.10. The van der Waals surface area contributed by atoms with Crippen LogP contribution in [0.15, 0.2) is 34.9 Å². The predicted octanol–water partition coefficient (Wildman–Crippen LogP) is 3.34. The summed E-state index contributed by atoms with van der Waals surface area (Å²) in [6.45, 7) is 0. The fourth-order valence-electron chi connectivity index (χ4n) is 1.57. The first-order valence-corrected chi connectivity index (χ1v) is 6.74. The Bertz CT molecular complexity index is 664. The first-order chi connectivity index (χ1) is 9.51. The molecule has 3 N–H and O–H groups in total. The lowest BCUT2D eigenvalue weighted by molar-refractivity contribution is 0.102. The predicted molar refractivity (Wildman–Crippen MR) is 82.3 cm³/mol. The van der Waals surface area contributed by atoms with E-state index < -0.39 is 0 Å². The second kappa shape index (κ2) is 6.11. The van der Waals surface area contributed by atoms with E-state index in [1.165, 1.54) is 12.3 Å². The van der Waals surface area contributed by atoms with E-state index in [4.69, 9.17) is 22.1 Å². The van der Waals surface area contributed by atoms with Crippen LogP contribution in [-0.4, -0.2) is 18.0 Å². The number of halogens is 2. The van der Waals surface area contributed by atoms with Gasteiger partial charge in [0, 0.05) is 11.8 Å². The molecule has 2 aromatic rings.